The van der Waals surface area contributed by atoms with E-state index in [1.54, 1.807) is 0 Å². The number of carbonyl (C=O) groups excluding carboxylic acids is 1. The van der Waals surface area contributed by atoms with Crippen molar-refractivity contribution in [2.24, 2.45) is 5.92 Å². The van der Waals surface area contributed by atoms with Crippen molar-refractivity contribution in [1.29, 1.82) is 0 Å². The van der Waals surface area contributed by atoms with Crippen molar-refractivity contribution in [3.8, 4) is 5.75 Å². The van der Waals surface area contributed by atoms with E-state index in [0.717, 1.165) is 30.7 Å². The molecule has 0 aliphatic carbocycles. The first-order valence-electron chi connectivity index (χ1n) is 9.59. The summed E-state index contributed by atoms with van der Waals surface area (Å²) >= 11 is 0. The van der Waals surface area contributed by atoms with Crippen molar-refractivity contribution in [3.63, 3.8) is 0 Å². The predicted molar refractivity (Wildman–Crippen MR) is 102 cm³/mol. The monoisotopic (exact) mass is 367 g/mol. The molecule has 2 aliphatic heterocycles. The highest BCUT2D eigenvalue weighted by Crippen LogP contribution is 2.26. The van der Waals surface area contributed by atoms with Crippen molar-refractivity contribution in [2.45, 2.75) is 25.7 Å². The van der Waals surface area contributed by atoms with Gasteiger partial charge >= 0.3 is 0 Å². The molecule has 4 rings (SSSR count). The lowest BCUT2D eigenvalue weighted by atomic mass is 9.96. The summed E-state index contributed by atoms with van der Waals surface area (Å²) in [5.41, 5.74) is 1.81. The Labute approximate surface area is 159 Å². The first-order chi connectivity index (χ1) is 13.3. The highest BCUT2D eigenvalue weighted by molar-refractivity contribution is 5.94. The van der Waals surface area contributed by atoms with Crippen LogP contribution in [0.1, 0.15) is 28.8 Å². The topological polar surface area (TPSA) is 48.0 Å². The predicted octanol–water partition coefficient (Wildman–Crippen LogP) is 3.49. The van der Waals surface area contributed by atoms with Gasteiger partial charge in [0, 0.05) is 24.6 Å². The minimum atomic E-state index is -0.158. The lowest BCUT2D eigenvalue weighted by Crippen LogP contribution is -2.43. The van der Waals surface area contributed by atoms with E-state index in [-0.39, 0.29) is 18.1 Å². The first-order valence-corrected chi connectivity index (χ1v) is 9.59. The minimum absolute atomic E-state index is 0.0623. The molecule has 0 aromatic heterocycles. The van der Waals surface area contributed by atoms with Crippen molar-refractivity contribution < 1.29 is 19.0 Å². The molecule has 1 amide bonds. The lowest BCUT2D eigenvalue weighted by Gasteiger charge is -2.34. The van der Waals surface area contributed by atoms with Crippen molar-refractivity contribution in [2.75, 3.05) is 26.3 Å². The third-order valence-corrected chi connectivity index (χ3v) is 5.13. The van der Waals surface area contributed by atoms with Gasteiger partial charge in [0.15, 0.2) is 6.29 Å². The van der Waals surface area contributed by atoms with E-state index in [4.69, 9.17) is 14.2 Å². The molecular formula is C22H25NO4. The molecule has 2 aromatic rings. The van der Waals surface area contributed by atoms with Crippen LogP contribution in [0, 0.1) is 5.92 Å². The Morgan fingerprint density at radius 2 is 1.78 bits per heavy atom. The molecule has 0 bridgehead atoms. The second-order valence-electron chi connectivity index (χ2n) is 7.06. The van der Waals surface area contributed by atoms with Gasteiger partial charge in [-0.1, -0.05) is 30.3 Å². The summed E-state index contributed by atoms with van der Waals surface area (Å²) in [6.07, 6.45) is 1.87. The Morgan fingerprint density at radius 3 is 2.52 bits per heavy atom. The van der Waals surface area contributed by atoms with Crippen LogP contribution in [0.25, 0.3) is 0 Å². The maximum absolute atomic E-state index is 12.9. The summed E-state index contributed by atoms with van der Waals surface area (Å²) < 4.78 is 17.1. The normalized spacial score (nSPS) is 20.6. The number of hydrogen-bond acceptors (Lipinski definition) is 4. The van der Waals surface area contributed by atoms with E-state index in [1.165, 1.54) is 0 Å². The van der Waals surface area contributed by atoms with Crippen LogP contribution in [0.2, 0.25) is 0 Å². The molecule has 1 atom stereocenters. The second kappa shape index (κ2) is 8.55. The van der Waals surface area contributed by atoms with Gasteiger partial charge in [0.2, 0.25) is 0 Å². The third-order valence-electron chi connectivity index (χ3n) is 5.13. The summed E-state index contributed by atoms with van der Waals surface area (Å²) in [6.45, 7) is 3.30. The Kier molecular flexibility index (Phi) is 5.70. The number of rotatable bonds is 5. The number of likely N-dealkylation sites (tertiary alicyclic amines) is 1. The molecule has 5 nitrogen and oxygen atoms in total. The van der Waals surface area contributed by atoms with E-state index < -0.39 is 0 Å². The highest BCUT2D eigenvalue weighted by atomic mass is 16.7. The maximum Gasteiger partial charge on any atom is 0.253 e. The molecule has 2 fully saturated rings. The van der Waals surface area contributed by atoms with Crippen LogP contribution in [-0.4, -0.2) is 43.4 Å². The zero-order valence-corrected chi connectivity index (χ0v) is 15.4. The molecule has 0 N–H and O–H groups in total. The van der Waals surface area contributed by atoms with Gasteiger partial charge in [-0.25, -0.2) is 0 Å². The van der Waals surface area contributed by atoms with Crippen molar-refractivity contribution >= 4 is 5.91 Å². The fourth-order valence-electron chi connectivity index (χ4n) is 3.68. The summed E-state index contributed by atoms with van der Waals surface area (Å²) in [6, 6.07) is 17.4. The molecule has 2 saturated heterocycles. The van der Waals surface area contributed by atoms with Crippen LogP contribution in [0.5, 0.6) is 5.75 Å². The molecular weight excluding hydrogens is 342 g/mol. The molecule has 27 heavy (non-hydrogen) atoms. The molecule has 0 saturated carbocycles. The molecule has 5 heteroatoms. The molecule has 0 spiro atoms. The number of nitrogens with zero attached hydrogens (tertiary/aromatic N) is 1. The zero-order valence-electron chi connectivity index (χ0n) is 15.4. The van der Waals surface area contributed by atoms with Crippen molar-refractivity contribution in [1.82, 2.24) is 4.90 Å². The average molecular weight is 367 g/mol. The van der Waals surface area contributed by atoms with Crippen LogP contribution in [0.3, 0.4) is 0 Å². The van der Waals surface area contributed by atoms with Crippen molar-refractivity contribution in [3.05, 3.63) is 65.7 Å². The molecule has 2 aromatic carbocycles. The molecule has 0 radical (unpaired) electrons. The van der Waals surface area contributed by atoms with Gasteiger partial charge in [-0.15, -0.1) is 0 Å². The smallest absolute Gasteiger partial charge is 0.253 e. The van der Waals surface area contributed by atoms with Crippen LogP contribution in [0.4, 0.5) is 0 Å². The summed E-state index contributed by atoms with van der Waals surface area (Å²) in [7, 11) is 0. The van der Waals surface area contributed by atoms with Crippen LogP contribution in [-0.2, 0) is 16.1 Å². The third kappa shape index (κ3) is 4.49. The van der Waals surface area contributed by atoms with Gasteiger partial charge < -0.3 is 19.1 Å². The van der Waals surface area contributed by atoms with Gasteiger partial charge in [-0.05, 0) is 42.7 Å². The Morgan fingerprint density at radius 1 is 1.04 bits per heavy atom. The maximum atomic E-state index is 12.9. The fourth-order valence-corrected chi connectivity index (χ4v) is 3.68. The Bertz CT molecular complexity index is 741. The number of amides is 1. The summed E-state index contributed by atoms with van der Waals surface area (Å²) in [5.74, 6) is 1.09. The lowest BCUT2D eigenvalue weighted by molar-refractivity contribution is -0.0969. The van der Waals surface area contributed by atoms with Gasteiger partial charge in [-0.3, -0.25) is 4.79 Å². The largest absolute Gasteiger partial charge is 0.489 e. The summed E-state index contributed by atoms with van der Waals surface area (Å²) in [5, 5.41) is 0. The molecule has 1 unspecified atom stereocenters. The van der Waals surface area contributed by atoms with Gasteiger partial charge in [0.05, 0.1) is 13.2 Å². The average Bonchev–Trinajstić information content (AvgIpc) is 3.28. The van der Waals surface area contributed by atoms with Gasteiger partial charge in [0.1, 0.15) is 12.4 Å². The number of carbonyl (C=O) groups is 1. The second-order valence-corrected chi connectivity index (χ2v) is 7.06. The minimum Gasteiger partial charge on any atom is -0.489 e. The van der Waals surface area contributed by atoms with E-state index in [2.05, 4.69) is 0 Å². The number of benzene rings is 2. The Balaban J connectivity index is 1.34. The number of ether oxygens (including phenoxy) is 3. The van der Waals surface area contributed by atoms with Gasteiger partial charge in [-0.2, -0.15) is 0 Å². The molecule has 2 heterocycles. The van der Waals surface area contributed by atoms with E-state index in [9.17, 15) is 4.79 Å². The standard InChI is InChI=1S/C22H25NO4/c24-21(23-12-4-7-19(15-23)22-25-13-14-26-22)18-8-10-20(11-9-18)27-16-17-5-2-1-3-6-17/h1-3,5-6,8-11,19,22H,4,7,12-16H2. The zero-order chi connectivity index (χ0) is 18.5. The fraction of sp³-hybridized carbons (Fsp3) is 0.409. The van der Waals surface area contributed by atoms with Crippen LogP contribution >= 0.6 is 0 Å². The molecule has 142 valence electrons. The SMILES string of the molecule is O=C(c1ccc(OCc2ccccc2)cc1)N1CCCC(C2OCCO2)C1. The van der Waals surface area contributed by atoms with E-state index in [1.807, 2.05) is 59.5 Å². The number of hydrogen-bond donors (Lipinski definition) is 0. The molecule has 2 aliphatic rings. The van der Waals surface area contributed by atoms with E-state index in [0.29, 0.717) is 31.9 Å². The Hall–Kier alpha value is -2.37. The summed E-state index contributed by atoms with van der Waals surface area (Å²) in [4.78, 5) is 14.8. The first kappa shape index (κ1) is 18.0. The van der Waals surface area contributed by atoms with Crippen LogP contribution < -0.4 is 4.74 Å². The highest BCUT2D eigenvalue weighted by Gasteiger charge is 2.33. The van der Waals surface area contributed by atoms with E-state index >= 15 is 0 Å². The van der Waals surface area contributed by atoms with Gasteiger partial charge in [0.25, 0.3) is 5.91 Å². The number of piperidine rings is 1. The quantitative estimate of drug-likeness (QED) is 0.812. The van der Waals surface area contributed by atoms with Crippen LogP contribution in [0.15, 0.2) is 54.6 Å².